The summed E-state index contributed by atoms with van der Waals surface area (Å²) in [4.78, 5) is 10.2. The Morgan fingerprint density at radius 1 is 1.62 bits per heavy atom. The van der Waals surface area contributed by atoms with Crippen LogP contribution in [0.3, 0.4) is 0 Å². The molecule has 0 fully saturated rings. The molecule has 0 aliphatic heterocycles. The van der Waals surface area contributed by atoms with Gasteiger partial charge in [0.2, 0.25) is 0 Å². The fraction of sp³-hybridized carbons (Fsp3) is 0.222. The molecule has 0 N–H and O–H groups in total. The minimum atomic E-state index is -0.859. The van der Waals surface area contributed by atoms with Crippen molar-refractivity contribution in [2.75, 3.05) is 0 Å². The van der Waals surface area contributed by atoms with Crippen LogP contribution < -0.4 is 0 Å². The maximum absolute atomic E-state index is 12.8. The van der Waals surface area contributed by atoms with Crippen molar-refractivity contribution in [3.8, 4) is 0 Å². The zero-order chi connectivity index (χ0) is 9.84. The van der Waals surface area contributed by atoms with E-state index < -0.39 is 5.43 Å². The van der Waals surface area contributed by atoms with E-state index in [4.69, 9.17) is 11.6 Å². The van der Waals surface area contributed by atoms with Crippen LogP contribution in [0, 0.1) is 12.7 Å². The molecule has 0 saturated heterocycles. The van der Waals surface area contributed by atoms with E-state index in [0.29, 0.717) is 11.1 Å². The molecular weight excluding hydrogens is 195 g/mol. The van der Waals surface area contributed by atoms with Gasteiger partial charge in [0.15, 0.2) is 0 Å². The van der Waals surface area contributed by atoms with E-state index >= 15 is 0 Å². The van der Waals surface area contributed by atoms with E-state index in [1.165, 1.54) is 6.07 Å². The number of halogens is 2. The maximum atomic E-state index is 12.8. The van der Waals surface area contributed by atoms with Crippen molar-refractivity contribution in [3.63, 3.8) is 0 Å². The Morgan fingerprint density at radius 3 is 2.85 bits per heavy atom. The average Bonchev–Trinajstić information content (AvgIpc) is 2.07. The summed E-state index contributed by atoms with van der Waals surface area (Å²) in [6, 6.07) is 4.48. The monoisotopic (exact) mass is 202 g/mol. The van der Waals surface area contributed by atoms with E-state index in [9.17, 15) is 9.18 Å². The third kappa shape index (κ3) is 3.03. The number of carbonyl (C=O) groups is 1. The van der Waals surface area contributed by atoms with Gasteiger partial charge in [0.05, 0.1) is 0 Å². The molecular formula is C9H8ClFO2. The Hall–Kier alpha value is -1.09. The van der Waals surface area contributed by atoms with Crippen LogP contribution in [0.15, 0.2) is 18.2 Å². The van der Waals surface area contributed by atoms with Crippen LogP contribution >= 0.6 is 11.6 Å². The summed E-state index contributed by atoms with van der Waals surface area (Å²) in [5.74, 6) is -0.277. The molecule has 0 heterocycles. The number of benzene rings is 1. The zero-order valence-electron chi connectivity index (χ0n) is 7.01. The van der Waals surface area contributed by atoms with Crippen LogP contribution in [0.4, 0.5) is 9.18 Å². The molecule has 1 aromatic carbocycles. The average molecular weight is 203 g/mol. The summed E-state index contributed by atoms with van der Waals surface area (Å²) >= 11 is 4.96. The lowest BCUT2D eigenvalue weighted by molar-refractivity contribution is 0.167. The first-order valence-corrected chi connectivity index (χ1v) is 4.04. The second-order valence-corrected chi connectivity index (χ2v) is 2.92. The molecule has 0 amide bonds. The molecule has 0 bridgehead atoms. The molecule has 0 spiro atoms. The van der Waals surface area contributed by atoms with Crippen molar-refractivity contribution in [1.29, 1.82) is 0 Å². The van der Waals surface area contributed by atoms with Gasteiger partial charge in [-0.2, -0.15) is 0 Å². The zero-order valence-corrected chi connectivity index (χ0v) is 7.77. The van der Waals surface area contributed by atoms with Gasteiger partial charge in [-0.1, -0.05) is 6.07 Å². The van der Waals surface area contributed by atoms with Crippen molar-refractivity contribution in [2.45, 2.75) is 13.5 Å². The molecule has 1 rings (SSSR count). The molecule has 0 saturated carbocycles. The minimum Gasteiger partial charge on any atom is -0.449 e. The topological polar surface area (TPSA) is 26.3 Å². The molecule has 0 unspecified atom stereocenters. The fourth-order valence-electron chi connectivity index (χ4n) is 0.937. The number of hydrogen-bond donors (Lipinski definition) is 0. The molecule has 4 heteroatoms. The lowest BCUT2D eigenvalue weighted by Gasteiger charge is -2.02. The number of rotatable bonds is 2. The van der Waals surface area contributed by atoms with E-state index in [2.05, 4.69) is 4.74 Å². The fourth-order valence-corrected chi connectivity index (χ4v) is 0.991. The third-order valence-corrected chi connectivity index (χ3v) is 1.68. The summed E-state index contributed by atoms with van der Waals surface area (Å²) in [6.45, 7) is 1.71. The third-order valence-electron chi connectivity index (χ3n) is 1.57. The largest absolute Gasteiger partial charge is 0.449 e. The van der Waals surface area contributed by atoms with Gasteiger partial charge in [-0.05, 0) is 30.2 Å². The van der Waals surface area contributed by atoms with Gasteiger partial charge in [0.25, 0.3) is 0 Å². The van der Waals surface area contributed by atoms with Crippen LogP contribution in [0.2, 0.25) is 0 Å². The van der Waals surface area contributed by atoms with Gasteiger partial charge in [0, 0.05) is 11.6 Å². The van der Waals surface area contributed by atoms with Crippen LogP contribution in [0.1, 0.15) is 11.1 Å². The molecule has 0 aliphatic rings. The normalized spacial score (nSPS) is 9.77. The highest BCUT2D eigenvalue weighted by atomic mass is 35.5. The van der Waals surface area contributed by atoms with E-state index in [-0.39, 0.29) is 12.4 Å². The second-order valence-electron chi connectivity index (χ2n) is 2.61. The quantitative estimate of drug-likeness (QED) is 0.690. The van der Waals surface area contributed by atoms with E-state index in [1.54, 1.807) is 19.1 Å². The van der Waals surface area contributed by atoms with Crippen LogP contribution in [0.5, 0.6) is 0 Å². The summed E-state index contributed by atoms with van der Waals surface area (Å²) in [5.41, 5.74) is 0.373. The molecule has 0 atom stereocenters. The Balaban J connectivity index is 2.68. The summed E-state index contributed by atoms with van der Waals surface area (Å²) < 4.78 is 17.3. The van der Waals surface area contributed by atoms with Crippen molar-refractivity contribution >= 4 is 17.0 Å². The Morgan fingerprint density at radius 2 is 2.31 bits per heavy atom. The van der Waals surface area contributed by atoms with Gasteiger partial charge in [-0.25, -0.2) is 9.18 Å². The van der Waals surface area contributed by atoms with Crippen LogP contribution in [-0.4, -0.2) is 5.43 Å². The van der Waals surface area contributed by atoms with E-state index in [1.807, 2.05) is 0 Å². The molecule has 2 nitrogen and oxygen atoms in total. The highest BCUT2D eigenvalue weighted by Crippen LogP contribution is 2.10. The standard InChI is InChI=1S/C9H8ClFO2/c1-6-4-7(2-3-8(6)11)5-13-9(10)12/h2-4H,5H2,1H3. The molecule has 0 aromatic heterocycles. The second kappa shape index (κ2) is 4.23. The predicted molar refractivity (Wildman–Crippen MR) is 47.2 cm³/mol. The maximum Gasteiger partial charge on any atom is 0.404 e. The van der Waals surface area contributed by atoms with Crippen molar-refractivity contribution in [3.05, 3.63) is 35.1 Å². The van der Waals surface area contributed by atoms with E-state index in [0.717, 1.165) is 0 Å². The van der Waals surface area contributed by atoms with Crippen molar-refractivity contribution < 1.29 is 13.9 Å². The summed E-state index contributed by atoms with van der Waals surface area (Å²) in [6.07, 6.45) is 0. The Labute approximate surface area is 80.3 Å². The lowest BCUT2D eigenvalue weighted by Crippen LogP contribution is -1.95. The highest BCUT2D eigenvalue weighted by Gasteiger charge is 2.01. The molecule has 13 heavy (non-hydrogen) atoms. The van der Waals surface area contributed by atoms with Crippen molar-refractivity contribution in [1.82, 2.24) is 0 Å². The number of carbonyl (C=O) groups excluding carboxylic acids is 1. The minimum absolute atomic E-state index is 0.0729. The SMILES string of the molecule is Cc1cc(COC(=O)Cl)ccc1F. The van der Waals surface area contributed by atoms with Crippen LogP contribution in [-0.2, 0) is 11.3 Å². The molecule has 0 aliphatic carbocycles. The predicted octanol–water partition coefficient (Wildman–Crippen LogP) is 3.01. The summed E-state index contributed by atoms with van der Waals surface area (Å²) in [5, 5.41) is 0. The molecule has 0 radical (unpaired) electrons. The molecule has 70 valence electrons. The molecule has 1 aromatic rings. The number of hydrogen-bond acceptors (Lipinski definition) is 2. The Bertz CT molecular complexity index is 325. The smallest absolute Gasteiger partial charge is 0.404 e. The summed E-state index contributed by atoms with van der Waals surface area (Å²) in [7, 11) is 0. The first-order valence-electron chi connectivity index (χ1n) is 3.67. The van der Waals surface area contributed by atoms with Crippen molar-refractivity contribution in [2.24, 2.45) is 0 Å². The van der Waals surface area contributed by atoms with Gasteiger partial charge < -0.3 is 4.74 Å². The van der Waals surface area contributed by atoms with Crippen LogP contribution in [0.25, 0.3) is 0 Å². The van der Waals surface area contributed by atoms with Gasteiger partial charge in [0.1, 0.15) is 12.4 Å². The van der Waals surface area contributed by atoms with Gasteiger partial charge in [-0.15, -0.1) is 0 Å². The number of ether oxygens (including phenoxy) is 1. The Kier molecular flexibility index (Phi) is 3.25. The van der Waals surface area contributed by atoms with Gasteiger partial charge >= 0.3 is 5.43 Å². The number of aryl methyl sites for hydroxylation is 1. The highest BCUT2D eigenvalue weighted by molar-refractivity contribution is 6.61. The first kappa shape index (κ1) is 9.99. The van der Waals surface area contributed by atoms with Gasteiger partial charge in [-0.3, -0.25) is 0 Å². The first-order chi connectivity index (χ1) is 6.09. The lowest BCUT2D eigenvalue weighted by atomic mass is 10.1.